The van der Waals surface area contributed by atoms with Crippen LogP contribution < -0.4 is 0 Å². The normalized spacial score (nSPS) is 3.67. The van der Waals surface area contributed by atoms with Crippen LogP contribution >= 0.6 is 20.2 Å². The van der Waals surface area contributed by atoms with E-state index in [4.69, 9.17) is 0 Å². The first kappa shape index (κ1) is 25.7. The van der Waals surface area contributed by atoms with Crippen molar-refractivity contribution in [3.05, 3.63) is 0 Å². The molecule has 0 fully saturated rings. The molecule has 0 unspecified atom stereocenters. The predicted molar refractivity (Wildman–Crippen MR) is 18.9 cm³/mol. The van der Waals surface area contributed by atoms with Crippen molar-refractivity contribution in [1.82, 2.24) is 0 Å². The average Bonchev–Trinajstić information content (AvgIpc) is 0.918. The van der Waals surface area contributed by atoms with Crippen molar-refractivity contribution >= 4 is 20.2 Å². The summed E-state index contributed by atoms with van der Waals surface area (Å²) in [5, 5.41) is 0. The minimum absolute atomic E-state index is 0. The van der Waals surface area contributed by atoms with E-state index in [2.05, 4.69) is 20.2 Å². The summed E-state index contributed by atoms with van der Waals surface area (Å²) in [6.45, 7) is 0. The predicted octanol–water partition coefficient (Wildman–Crippen LogP) is -0.275. The Bertz CT molecular complexity index is 9.51. The molecule has 0 amide bonds. The Morgan fingerprint density at radius 2 is 1.00 bits per heavy atom. The van der Waals surface area contributed by atoms with Gasteiger partial charge in [-0.25, -0.2) is 0 Å². The molecule has 0 aliphatic heterocycles. The van der Waals surface area contributed by atoms with E-state index in [1.807, 2.05) is 0 Å². The van der Waals surface area contributed by atoms with Crippen LogP contribution in [-0.2, 0) is 30.2 Å². The fourth-order valence-corrected chi connectivity index (χ4v) is 0. The molecule has 0 bridgehead atoms. The fraction of sp³-hybridized carbons (Fsp3) is 0. The SMILES string of the molecule is O.O.[Cl][Cu][Cl].[Cu]. The Balaban J connectivity index is -0.00000000667. The van der Waals surface area contributed by atoms with E-state index in [0.717, 1.165) is 13.1 Å². The molecular weight excluding hydrogens is 230 g/mol. The van der Waals surface area contributed by atoms with Gasteiger partial charge in [0.05, 0.1) is 0 Å². The third kappa shape index (κ3) is 48.2. The molecule has 0 saturated heterocycles. The Morgan fingerprint density at radius 1 is 1.00 bits per heavy atom. The molecule has 6 heavy (non-hydrogen) atoms. The van der Waals surface area contributed by atoms with Gasteiger partial charge >= 0.3 is 33.3 Å². The van der Waals surface area contributed by atoms with Crippen molar-refractivity contribution in [3.8, 4) is 0 Å². The van der Waals surface area contributed by atoms with Crippen LogP contribution in [0, 0.1) is 0 Å². The molecule has 0 aromatic carbocycles. The van der Waals surface area contributed by atoms with Crippen LogP contribution in [0.1, 0.15) is 0 Å². The molecule has 1 radical (unpaired) electrons. The van der Waals surface area contributed by atoms with Gasteiger partial charge in [0.25, 0.3) is 0 Å². The van der Waals surface area contributed by atoms with Crippen LogP contribution in [0.25, 0.3) is 0 Å². The van der Waals surface area contributed by atoms with Gasteiger partial charge in [0.1, 0.15) is 0 Å². The first-order valence-corrected chi connectivity index (χ1v) is 2.82. The zero-order valence-electron chi connectivity index (χ0n) is 2.36. The Labute approximate surface area is 61.3 Å². The zero-order chi connectivity index (χ0) is 2.71. The number of hydrogen-bond donors (Lipinski definition) is 0. The van der Waals surface area contributed by atoms with Gasteiger partial charge in [-0.1, -0.05) is 0 Å². The maximum atomic E-state index is 4.67. The second-order valence-electron chi connectivity index (χ2n) is 0.0431. The maximum Gasteiger partial charge on any atom is 0 e. The molecule has 0 atom stereocenters. The minimum Gasteiger partial charge on any atom is 0 e. The van der Waals surface area contributed by atoms with E-state index >= 15 is 0 Å². The van der Waals surface area contributed by atoms with Crippen molar-refractivity contribution in [3.63, 3.8) is 0 Å². The summed E-state index contributed by atoms with van der Waals surface area (Å²) < 4.78 is 0. The van der Waals surface area contributed by atoms with Crippen LogP contribution in [0.3, 0.4) is 0 Å². The Kier molecular flexibility index (Phi) is 133. The molecule has 2 nitrogen and oxygen atoms in total. The molecule has 0 spiro atoms. The first-order valence-electron chi connectivity index (χ1n) is 0.228. The second-order valence-corrected chi connectivity index (χ2v) is 1.60. The quantitative estimate of drug-likeness (QED) is 0.518. The van der Waals surface area contributed by atoms with Gasteiger partial charge in [-0.15, -0.1) is 0 Å². The summed E-state index contributed by atoms with van der Waals surface area (Å²) in [6.07, 6.45) is 0. The molecule has 0 aromatic rings. The summed E-state index contributed by atoms with van der Waals surface area (Å²) >= 11 is 0.757. The number of halogens is 2. The van der Waals surface area contributed by atoms with Crippen molar-refractivity contribution in [2.45, 2.75) is 0 Å². The molecule has 52 valence electrons. The second kappa shape index (κ2) is 31.1. The summed E-state index contributed by atoms with van der Waals surface area (Å²) in [4.78, 5) is 0. The van der Waals surface area contributed by atoms with E-state index in [-0.39, 0.29) is 28.0 Å². The standard InChI is InChI=1S/2ClH.2Cu.2H2O/h2*1H;;;2*1H2/q;;;+2;;/p-2. The molecule has 0 aromatic heterocycles. The first-order chi connectivity index (χ1) is 1.41. The molecular formula is H4Cl2Cu2O2. The van der Waals surface area contributed by atoms with Crippen LogP contribution in [0.4, 0.5) is 0 Å². The summed E-state index contributed by atoms with van der Waals surface area (Å²) in [6, 6.07) is 0. The number of rotatable bonds is 0. The summed E-state index contributed by atoms with van der Waals surface area (Å²) in [7, 11) is 9.34. The molecule has 0 aliphatic carbocycles. The summed E-state index contributed by atoms with van der Waals surface area (Å²) in [5.74, 6) is 0. The average molecular weight is 234 g/mol. The van der Waals surface area contributed by atoms with Crippen LogP contribution in [0.2, 0.25) is 0 Å². The number of hydrogen-bond acceptors (Lipinski definition) is 0. The largest absolute Gasteiger partial charge is 0 e. The molecule has 4 N–H and O–H groups in total. The third-order valence-corrected chi connectivity index (χ3v) is 0. The molecule has 0 aliphatic rings. The van der Waals surface area contributed by atoms with Gasteiger partial charge in [-0.3, -0.25) is 0 Å². The van der Waals surface area contributed by atoms with Gasteiger partial charge in [-0.05, 0) is 0 Å². The van der Waals surface area contributed by atoms with Crippen molar-refractivity contribution in [2.24, 2.45) is 0 Å². The van der Waals surface area contributed by atoms with Crippen molar-refractivity contribution < 1.29 is 41.2 Å². The fourth-order valence-electron chi connectivity index (χ4n) is 0. The van der Waals surface area contributed by atoms with E-state index in [1.165, 1.54) is 0 Å². The van der Waals surface area contributed by atoms with E-state index in [1.54, 1.807) is 0 Å². The molecule has 6 heteroatoms. The van der Waals surface area contributed by atoms with Crippen LogP contribution in [0.5, 0.6) is 0 Å². The maximum absolute atomic E-state index is 4.67. The van der Waals surface area contributed by atoms with Gasteiger partial charge in [0.2, 0.25) is 0 Å². The van der Waals surface area contributed by atoms with Crippen molar-refractivity contribution in [1.29, 1.82) is 0 Å². The minimum atomic E-state index is 0. The van der Waals surface area contributed by atoms with E-state index in [9.17, 15) is 0 Å². The topological polar surface area (TPSA) is 63.0 Å². The van der Waals surface area contributed by atoms with E-state index < -0.39 is 0 Å². The smallest absolute Gasteiger partial charge is 0 e. The van der Waals surface area contributed by atoms with Gasteiger partial charge in [0, 0.05) is 17.1 Å². The summed E-state index contributed by atoms with van der Waals surface area (Å²) in [5.41, 5.74) is 0. The van der Waals surface area contributed by atoms with Gasteiger partial charge in [-0.2, -0.15) is 0 Å². The molecule has 0 saturated carbocycles. The van der Waals surface area contributed by atoms with Crippen LogP contribution in [0.15, 0.2) is 0 Å². The molecule has 0 heterocycles. The Hall–Kier alpha value is 1.54. The Morgan fingerprint density at radius 3 is 1.00 bits per heavy atom. The van der Waals surface area contributed by atoms with Gasteiger partial charge < -0.3 is 11.0 Å². The van der Waals surface area contributed by atoms with Crippen LogP contribution in [-0.4, -0.2) is 11.0 Å². The molecule has 0 rings (SSSR count). The van der Waals surface area contributed by atoms with Crippen molar-refractivity contribution in [2.75, 3.05) is 0 Å². The third-order valence-electron chi connectivity index (χ3n) is 0. The zero-order valence-corrected chi connectivity index (χ0v) is 5.75. The monoisotopic (exact) mass is 232 g/mol. The van der Waals surface area contributed by atoms with E-state index in [0.29, 0.717) is 0 Å². The van der Waals surface area contributed by atoms with Gasteiger partial charge in [0.15, 0.2) is 0 Å².